The predicted molar refractivity (Wildman–Crippen MR) is 74.7 cm³/mol. The monoisotopic (exact) mass is 293 g/mol. The maximum Gasteiger partial charge on any atom is 0.332 e. The zero-order valence-electron chi connectivity index (χ0n) is 11.6. The summed E-state index contributed by atoms with van der Waals surface area (Å²) in [4.78, 5) is 22.8. The number of amides is 1. The number of carboxylic acid groups (broad SMARTS) is 1. The van der Waals surface area contributed by atoms with E-state index >= 15 is 0 Å². The van der Waals surface area contributed by atoms with Crippen LogP contribution in [0, 0.1) is 0 Å². The highest BCUT2D eigenvalue weighted by atomic mass is 16.5. The third-order valence-electron chi connectivity index (χ3n) is 3.48. The van der Waals surface area contributed by atoms with Crippen LogP contribution in [0.5, 0.6) is 0 Å². The summed E-state index contributed by atoms with van der Waals surface area (Å²) in [6.07, 6.45) is -0.446. The summed E-state index contributed by atoms with van der Waals surface area (Å²) in [7, 11) is 0. The molecule has 1 aliphatic heterocycles. The Morgan fingerprint density at radius 1 is 1.24 bits per heavy atom. The van der Waals surface area contributed by atoms with Crippen LogP contribution >= 0.6 is 0 Å². The zero-order chi connectivity index (χ0) is 15.2. The smallest absolute Gasteiger partial charge is 0.332 e. The fourth-order valence-electron chi connectivity index (χ4n) is 2.37. The van der Waals surface area contributed by atoms with Crippen LogP contribution < -0.4 is 5.32 Å². The van der Waals surface area contributed by atoms with Crippen molar-refractivity contribution >= 4 is 11.9 Å². The maximum atomic E-state index is 12.0. The molecule has 21 heavy (non-hydrogen) atoms. The van der Waals surface area contributed by atoms with E-state index in [0.717, 1.165) is 5.56 Å². The minimum Gasteiger partial charge on any atom is -0.479 e. The summed E-state index contributed by atoms with van der Waals surface area (Å²) < 4.78 is 5.19. The highest BCUT2D eigenvalue weighted by Gasteiger charge is 2.35. The highest BCUT2D eigenvalue weighted by molar-refractivity contribution is 5.82. The van der Waals surface area contributed by atoms with Gasteiger partial charge in [0.1, 0.15) is 6.10 Å². The predicted octanol–water partition coefficient (Wildman–Crippen LogP) is 0.338. The molecule has 1 fully saturated rings. The summed E-state index contributed by atoms with van der Waals surface area (Å²) in [6, 6.07) is 9.11. The average molecular weight is 293 g/mol. The van der Waals surface area contributed by atoms with Gasteiger partial charge < -0.3 is 20.3 Å². The molecule has 0 bridgehead atoms. The van der Waals surface area contributed by atoms with Gasteiger partial charge in [-0.05, 0) is 24.8 Å². The molecule has 6 nitrogen and oxygen atoms in total. The Morgan fingerprint density at radius 2 is 1.90 bits per heavy atom. The molecule has 1 aromatic rings. The normalized spacial score (nSPS) is 22.7. The number of aliphatic hydroxyl groups excluding tert-OH is 1. The van der Waals surface area contributed by atoms with Crippen molar-refractivity contribution in [1.82, 2.24) is 5.32 Å². The Balaban J connectivity index is 1.87. The van der Waals surface area contributed by atoms with Crippen molar-refractivity contribution in [3.05, 3.63) is 35.9 Å². The van der Waals surface area contributed by atoms with Gasteiger partial charge in [-0.1, -0.05) is 30.3 Å². The van der Waals surface area contributed by atoms with Crippen LogP contribution in [0.25, 0.3) is 0 Å². The molecule has 0 radical (unpaired) electrons. The van der Waals surface area contributed by atoms with Crippen LogP contribution in [0.4, 0.5) is 0 Å². The van der Waals surface area contributed by atoms with Crippen LogP contribution in [0.1, 0.15) is 18.4 Å². The van der Waals surface area contributed by atoms with Crippen LogP contribution in [-0.4, -0.2) is 46.9 Å². The number of ether oxygens (including phenoxy) is 1. The van der Waals surface area contributed by atoms with Gasteiger partial charge in [-0.2, -0.15) is 0 Å². The van der Waals surface area contributed by atoms with E-state index in [1.54, 1.807) is 0 Å². The van der Waals surface area contributed by atoms with Crippen molar-refractivity contribution in [2.24, 2.45) is 0 Å². The van der Waals surface area contributed by atoms with Gasteiger partial charge in [0.25, 0.3) is 0 Å². The van der Waals surface area contributed by atoms with Gasteiger partial charge in [0, 0.05) is 0 Å². The minimum absolute atomic E-state index is 0.185. The first-order valence-electron chi connectivity index (χ1n) is 6.93. The fourth-order valence-corrected chi connectivity index (χ4v) is 2.37. The average Bonchev–Trinajstić information content (AvgIpc) is 2.97. The molecule has 1 aliphatic rings. The summed E-state index contributed by atoms with van der Waals surface area (Å²) in [5.41, 5.74) is 1.01. The molecule has 6 heteroatoms. The first-order chi connectivity index (χ1) is 10.1. The lowest BCUT2D eigenvalue weighted by molar-refractivity contribution is -0.152. The van der Waals surface area contributed by atoms with Gasteiger partial charge in [0.2, 0.25) is 5.91 Å². The van der Waals surface area contributed by atoms with E-state index in [-0.39, 0.29) is 12.5 Å². The van der Waals surface area contributed by atoms with Crippen LogP contribution in [-0.2, 0) is 20.7 Å². The summed E-state index contributed by atoms with van der Waals surface area (Å²) in [5.74, 6) is -1.41. The topological polar surface area (TPSA) is 95.9 Å². The standard InChI is InChI=1S/C15H19NO5/c17-9-11(8-10-4-2-1-3-5-10)16-14(18)12-6-7-13(21-12)15(19)20/h1-5,11-13,17H,6-9H2,(H,16,18)(H,19,20)/t11-,12-,13+/m0/s1. The number of aliphatic hydroxyl groups is 1. The molecule has 0 unspecified atom stereocenters. The third-order valence-corrected chi connectivity index (χ3v) is 3.48. The van der Waals surface area contributed by atoms with Gasteiger partial charge >= 0.3 is 5.97 Å². The van der Waals surface area contributed by atoms with Crippen molar-refractivity contribution in [1.29, 1.82) is 0 Å². The Hall–Kier alpha value is -1.92. The maximum absolute atomic E-state index is 12.0. The quantitative estimate of drug-likeness (QED) is 0.703. The van der Waals surface area contributed by atoms with Gasteiger partial charge in [0.15, 0.2) is 6.10 Å². The molecule has 1 amide bonds. The van der Waals surface area contributed by atoms with Gasteiger partial charge in [-0.25, -0.2) is 4.79 Å². The Morgan fingerprint density at radius 3 is 2.48 bits per heavy atom. The number of hydrogen-bond acceptors (Lipinski definition) is 4. The van der Waals surface area contributed by atoms with E-state index in [0.29, 0.717) is 19.3 Å². The molecule has 0 saturated carbocycles. The number of carbonyl (C=O) groups excluding carboxylic acids is 1. The molecule has 0 aromatic heterocycles. The molecule has 0 spiro atoms. The number of hydrogen-bond donors (Lipinski definition) is 3. The molecule has 0 aliphatic carbocycles. The number of benzene rings is 1. The van der Waals surface area contributed by atoms with Gasteiger partial charge in [-0.15, -0.1) is 0 Å². The van der Waals surface area contributed by atoms with Gasteiger partial charge in [-0.3, -0.25) is 4.79 Å². The van der Waals surface area contributed by atoms with Crippen molar-refractivity contribution in [3.8, 4) is 0 Å². The largest absolute Gasteiger partial charge is 0.479 e. The Labute approximate surface area is 122 Å². The lowest BCUT2D eigenvalue weighted by atomic mass is 10.1. The Kier molecular flexibility index (Phi) is 5.30. The summed E-state index contributed by atoms with van der Waals surface area (Å²) >= 11 is 0. The summed E-state index contributed by atoms with van der Waals surface area (Å²) in [5, 5.41) is 20.9. The Bertz CT molecular complexity index is 490. The van der Waals surface area contributed by atoms with Gasteiger partial charge in [0.05, 0.1) is 12.6 Å². The minimum atomic E-state index is -1.05. The molecule has 1 saturated heterocycles. The van der Waals surface area contributed by atoms with E-state index in [1.807, 2.05) is 30.3 Å². The van der Waals surface area contributed by atoms with E-state index < -0.39 is 24.2 Å². The third kappa shape index (κ3) is 4.27. The van der Waals surface area contributed by atoms with Crippen molar-refractivity contribution in [3.63, 3.8) is 0 Å². The second-order valence-electron chi connectivity index (χ2n) is 5.11. The second kappa shape index (κ2) is 7.19. The molecule has 1 aromatic carbocycles. The number of nitrogens with one attached hydrogen (secondary N) is 1. The van der Waals surface area contributed by atoms with E-state index in [2.05, 4.69) is 5.32 Å². The lowest BCUT2D eigenvalue weighted by Gasteiger charge is -2.19. The van der Waals surface area contributed by atoms with Crippen LogP contribution in [0.15, 0.2) is 30.3 Å². The molecule has 1 heterocycles. The van der Waals surface area contributed by atoms with Crippen molar-refractivity contribution < 1.29 is 24.5 Å². The van der Waals surface area contributed by atoms with Crippen molar-refractivity contribution in [2.45, 2.75) is 37.5 Å². The van der Waals surface area contributed by atoms with E-state index in [1.165, 1.54) is 0 Å². The van der Waals surface area contributed by atoms with Crippen LogP contribution in [0.2, 0.25) is 0 Å². The number of carbonyl (C=O) groups is 2. The van der Waals surface area contributed by atoms with E-state index in [4.69, 9.17) is 9.84 Å². The first-order valence-corrected chi connectivity index (χ1v) is 6.93. The summed E-state index contributed by atoms with van der Waals surface area (Å²) in [6.45, 7) is -0.185. The SMILES string of the molecule is O=C(N[C@H](CO)Cc1ccccc1)[C@@H]1CC[C@H](C(=O)O)O1. The molecule has 3 N–H and O–H groups in total. The lowest BCUT2D eigenvalue weighted by Crippen LogP contribution is -2.44. The number of carboxylic acids is 1. The van der Waals surface area contributed by atoms with E-state index in [9.17, 15) is 14.7 Å². The molecule has 114 valence electrons. The number of aliphatic carboxylic acids is 1. The molecular weight excluding hydrogens is 274 g/mol. The molecule has 2 rings (SSSR count). The first kappa shape index (κ1) is 15.5. The number of rotatable bonds is 6. The second-order valence-corrected chi connectivity index (χ2v) is 5.11. The highest BCUT2D eigenvalue weighted by Crippen LogP contribution is 2.20. The fraction of sp³-hybridized carbons (Fsp3) is 0.467. The van der Waals surface area contributed by atoms with Crippen molar-refractivity contribution in [2.75, 3.05) is 6.61 Å². The zero-order valence-corrected chi connectivity index (χ0v) is 11.6. The van der Waals surface area contributed by atoms with Crippen LogP contribution in [0.3, 0.4) is 0 Å². The molecular formula is C15H19NO5. The molecule has 3 atom stereocenters.